The van der Waals surface area contributed by atoms with Crippen LogP contribution in [0.5, 0.6) is 0 Å². The summed E-state index contributed by atoms with van der Waals surface area (Å²) < 4.78 is 0. The first-order valence-electron chi connectivity index (χ1n) is 8.22. The van der Waals surface area contributed by atoms with Crippen LogP contribution in [-0.2, 0) is 0 Å². The molecule has 0 aromatic heterocycles. The van der Waals surface area contributed by atoms with Gasteiger partial charge in [-0.15, -0.1) is 0 Å². The Kier molecular flexibility index (Phi) is 5.11. The van der Waals surface area contributed by atoms with Crippen molar-refractivity contribution < 1.29 is 0 Å². The molecule has 0 aliphatic carbocycles. The van der Waals surface area contributed by atoms with E-state index in [9.17, 15) is 0 Å². The molecule has 0 saturated carbocycles. The molecule has 0 radical (unpaired) electrons. The van der Waals surface area contributed by atoms with Gasteiger partial charge >= 0.3 is 0 Å². The van der Waals surface area contributed by atoms with Crippen LogP contribution in [0.1, 0.15) is 7.43 Å². The van der Waals surface area contributed by atoms with Crippen molar-refractivity contribution >= 4 is 0 Å². The fourth-order valence-electron chi connectivity index (χ4n) is 3.08. The summed E-state index contributed by atoms with van der Waals surface area (Å²) in [6.45, 7) is 0. The van der Waals surface area contributed by atoms with Gasteiger partial charge in [-0.1, -0.05) is 117 Å². The molecule has 0 saturated heterocycles. The fourth-order valence-corrected chi connectivity index (χ4v) is 3.08. The van der Waals surface area contributed by atoms with Crippen molar-refractivity contribution in [3.8, 4) is 33.4 Å². The minimum Gasteiger partial charge on any atom is -0.0776 e. The minimum atomic E-state index is 0. The molecule has 0 N–H and O–H groups in total. The van der Waals surface area contributed by atoms with E-state index in [2.05, 4.69) is 103 Å². The van der Waals surface area contributed by atoms with E-state index in [1.807, 2.05) is 6.07 Å². The molecule has 4 aromatic rings. The van der Waals surface area contributed by atoms with Gasteiger partial charge in [-0.2, -0.15) is 0 Å². The van der Waals surface area contributed by atoms with Gasteiger partial charge in [0.2, 0.25) is 0 Å². The Bertz CT molecular complexity index is 920. The first-order valence-corrected chi connectivity index (χ1v) is 8.22. The largest absolute Gasteiger partial charge is 0.0776 e. The van der Waals surface area contributed by atoms with Crippen LogP contribution in [-0.4, -0.2) is 0 Å². The summed E-state index contributed by atoms with van der Waals surface area (Å²) >= 11 is 0. The number of benzene rings is 4. The predicted molar refractivity (Wildman–Crippen MR) is 109 cm³/mol. The van der Waals surface area contributed by atoms with Gasteiger partial charge in [0.1, 0.15) is 0 Å². The van der Waals surface area contributed by atoms with Crippen LogP contribution in [0.3, 0.4) is 0 Å². The Hall–Kier alpha value is -3.12. The summed E-state index contributed by atoms with van der Waals surface area (Å²) in [6, 6.07) is 38.5. The predicted octanol–water partition coefficient (Wildman–Crippen LogP) is 7.32. The zero-order valence-electron chi connectivity index (χ0n) is 13.4. The van der Waals surface area contributed by atoms with Crippen molar-refractivity contribution in [2.24, 2.45) is 0 Å². The smallest absolute Gasteiger partial charge is 0.0105 e. The normalized spacial score (nSPS) is 10.1. The quantitative estimate of drug-likeness (QED) is 0.370. The average molecular weight is 322 g/mol. The third-order valence-electron chi connectivity index (χ3n) is 4.31. The topological polar surface area (TPSA) is 0 Å². The van der Waals surface area contributed by atoms with Gasteiger partial charge in [0.05, 0.1) is 0 Å². The van der Waals surface area contributed by atoms with Crippen molar-refractivity contribution in [3.63, 3.8) is 0 Å². The van der Waals surface area contributed by atoms with Crippen LogP contribution in [0.25, 0.3) is 33.4 Å². The third-order valence-corrected chi connectivity index (χ3v) is 4.31. The van der Waals surface area contributed by atoms with Crippen molar-refractivity contribution in [1.29, 1.82) is 0 Å². The second-order valence-electron chi connectivity index (χ2n) is 5.85. The number of rotatable bonds is 3. The van der Waals surface area contributed by atoms with Crippen LogP contribution in [0, 0.1) is 0 Å². The van der Waals surface area contributed by atoms with Gasteiger partial charge < -0.3 is 0 Å². The Morgan fingerprint density at radius 1 is 0.280 bits per heavy atom. The molecule has 0 heteroatoms. The average Bonchev–Trinajstić information content (AvgIpc) is 2.69. The second kappa shape index (κ2) is 7.63. The first-order chi connectivity index (χ1) is 11.9. The number of hydrogen-bond acceptors (Lipinski definition) is 0. The molecule has 25 heavy (non-hydrogen) atoms. The van der Waals surface area contributed by atoms with Crippen LogP contribution in [0.4, 0.5) is 0 Å². The van der Waals surface area contributed by atoms with Crippen LogP contribution in [0.2, 0.25) is 0 Å². The number of hydrogen-bond donors (Lipinski definition) is 0. The van der Waals surface area contributed by atoms with E-state index in [4.69, 9.17) is 0 Å². The van der Waals surface area contributed by atoms with E-state index in [0.717, 1.165) is 0 Å². The first kappa shape index (κ1) is 16.7. The van der Waals surface area contributed by atoms with Gasteiger partial charge in [0.15, 0.2) is 0 Å². The lowest BCUT2D eigenvalue weighted by Gasteiger charge is -2.11. The molecule has 0 atom stereocenters. The highest BCUT2D eigenvalue weighted by Crippen LogP contribution is 2.33. The monoisotopic (exact) mass is 322 g/mol. The summed E-state index contributed by atoms with van der Waals surface area (Å²) in [5.74, 6) is 0. The maximum absolute atomic E-state index is 2.21. The highest BCUT2D eigenvalue weighted by atomic mass is 14.1. The minimum absolute atomic E-state index is 0. The van der Waals surface area contributed by atoms with E-state index < -0.39 is 0 Å². The van der Waals surface area contributed by atoms with Gasteiger partial charge in [-0.25, -0.2) is 0 Å². The van der Waals surface area contributed by atoms with Crippen molar-refractivity contribution in [1.82, 2.24) is 0 Å². The Labute approximate surface area is 150 Å². The Morgan fingerprint density at radius 3 is 1.12 bits per heavy atom. The zero-order chi connectivity index (χ0) is 16.2. The Morgan fingerprint density at radius 2 is 0.600 bits per heavy atom. The highest BCUT2D eigenvalue weighted by Gasteiger charge is 2.06. The lowest BCUT2D eigenvalue weighted by molar-refractivity contribution is 1.57. The fraction of sp³-hybridized carbons (Fsp3) is 0.0400. The molecular formula is C25H22. The summed E-state index contributed by atoms with van der Waals surface area (Å²) in [5, 5.41) is 0. The van der Waals surface area contributed by atoms with Gasteiger partial charge in [0.25, 0.3) is 0 Å². The molecule has 4 rings (SSSR count). The van der Waals surface area contributed by atoms with E-state index in [0.29, 0.717) is 0 Å². The molecular weight excluding hydrogens is 300 g/mol. The molecule has 0 spiro atoms. The highest BCUT2D eigenvalue weighted by molar-refractivity contribution is 5.84. The molecule has 0 unspecified atom stereocenters. The van der Waals surface area contributed by atoms with Gasteiger partial charge in [-0.05, 0) is 33.4 Å². The summed E-state index contributed by atoms with van der Waals surface area (Å²) in [4.78, 5) is 0. The molecule has 0 bridgehead atoms. The van der Waals surface area contributed by atoms with E-state index in [1.54, 1.807) is 0 Å². The maximum Gasteiger partial charge on any atom is -0.0105 e. The van der Waals surface area contributed by atoms with Gasteiger partial charge in [0, 0.05) is 0 Å². The van der Waals surface area contributed by atoms with Crippen molar-refractivity contribution in [2.75, 3.05) is 0 Å². The second-order valence-corrected chi connectivity index (χ2v) is 5.85. The lowest BCUT2D eigenvalue weighted by atomic mass is 9.93. The van der Waals surface area contributed by atoms with E-state index in [-0.39, 0.29) is 7.43 Å². The Balaban J connectivity index is 0.00000182. The van der Waals surface area contributed by atoms with Crippen LogP contribution in [0.15, 0.2) is 109 Å². The van der Waals surface area contributed by atoms with Crippen molar-refractivity contribution in [3.05, 3.63) is 109 Å². The van der Waals surface area contributed by atoms with Crippen molar-refractivity contribution in [2.45, 2.75) is 7.43 Å². The molecule has 122 valence electrons. The van der Waals surface area contributed by atoms with Crippen LogP contribution < -0.4 is 0 Å². The van der Waals surface area contributed by atoms with E-state index in [1.165, 1.54) is 33.4 Å². The molecule has 0 aliphatic heterocycles. The molecule has 0 fully saturated rings. The summed E-state index contributed by atoms with van der Waals surface area (Å²) in [5.41, 5.74) is 7.53. The standard InChI is InChI=1S/C24H18.CH4/c1-3-9-19(10-4-1)20-15-17-22(18-16-20)24-14-8-7-13-23(24)21-11-5-2-6-12-21;/h1-18H;1H4. The summed E-state index contributed by atoms with van der Waals surface area (Å²) in [6.07, 6.45) is 0. The molecule has 0 heterocycles. The lowest BCUT2D eigenvalue weighted by Crippen LogP contribution is -1.85. The molecule has 0 nitrogen and oxygen atoms in total. The van der Waals surface area contributed by atoms with Crippen LogP contribution >= 0.6 is 0 Å². The SMILES string of the molecule is C.c1ccc(-c2ccc(-c3ccccc3-c3ccccc3)cc2)cc1. The zero-order valence-corrected chi connectivity index (χ0v) is 13.4. The molecule has 4 aromatic carbocycles. The molecule has 0 amide bonds. The third kappa shape index (κ3) is 3.54. The summed E-state index contributed by atoms with van der Waals surface area (Å²) in [7, 11) is 0. The molecule has 0 aliphatic rings. The van der Waals surface area contributed by atoms with Gasteiger partial charge in [-0.3, -0.25) is 0 Å². The van der Waals surface area contributed by atoms with E-state index >= 15 is 0 Å². The maximum atomic E-state index is 2.21.